The van der Waals surface area contributed by atoms with E-state index in [4.69, 9.17) is 0 Å². The van der Waals surface area contributed by atoms with Crippen LogP contribution in [0.15, 0.2) is 29.1 Å². The number of likely N-dealkylation sites (N-methyl/N-ethyl adjacent to an activating group) is 1. The maximum Gasteiger partial charge on any atom is 0.277 e. The zero-order valence-corrected chi connectivity index (χ0v) is 12.0. The fraction of sp³-hybridized carbons (Fsp3) is 0.429. The van der Waals surface area contributed by atoms with Crippen LogP contribution >= 0.6 is 0 Å². The summed E-state index contributed by atoms with van der Waals surface area (Å²) in [7, 11) is 0. The molecule has 0 atom stereocenters. The van der Waals surface area contributed by atoms with Crippen molar-refractivity contribution < 1.29 is 4.79 Å². The molecule has 0 bridgehead atoms. The molecule has 0 fully saturated rings. The molecule has 0 spiro atoms. The van der Waals surface area contributed by atoms with Crippen LogP contribution in [0.2, 0.25) is 0 Å². The van der Waals surface area contributed by atoms with Crippen molar-refractivity contribution in [2.45, 2.75) is 19.9 Å². The minimum Gasteiger partial charge on any atom is -0.355 e. The zero-order valence-electron chi connectivity index (χ0n) is 12.0. The lowest BCUT2D eigenvalue weighted by molar-refractivity contribution is -0.121. The molecule has 7 nitrogen and oxygen atoms in total. The Morgan fingerprint density at radius 2 is 2.10 bits per heavy atom. The molecule has 1 amide bonds. The number of carbonyl (C=O) groups excluding carboxylic acids is 1. The molecule has 1 aromatic carbocycles. The highest BCUT2D eigenvalue weighted by molar-refractivity contribution is 5.77. The number of rotatable bonds is 7. The van der Waals surface area contributed by atoms with Crippen molar-refractivity contribution in [3.8, 4) is 0 Å². The summed E-state index contributed by atoms with van der Waals surface area (Å²) < 4.78 is 1.23. The second-order valence-corrected chi connectivity index (χ2v) is 4.59. The fourth-order valence-electron chi connectivity index (χ4n) is 1.93. The van der Waals surface area contributed by atoms with E-state index in [-0.39, 0.29) is 24.4 Å². The Balaban J connectivity index is 1.93. The molecule has 7 heteroatoms. The van der Waals surface area contributed by atoms with Gasteiger partial charge in [0.15, 0.2) is 0 Å². The van der Waals surface area contributed by atoms with Crippen LogP contribution in [0.1, 0.15) is 13.3 Å². The first-order valence-corrected chi connectivity index (χ1v) is 7.02. The van der Waals surface area contributed by atoms with E-state index in [1.165, 1.54) is 4.68 Å². The SMILES string of the molecule is CCNCCNC(=O)CCn1nnc2ccccc2c1=O. The van der Waals surface area contributed by atoms with Gasteiger partial charge in [-0.05, 0) is 18.7 Å². The van der Waals surface area contributed by atoms with Gasteiger partial charge in [0.05, 0.1) is 11.9 Å². The standard InChI is InChI=1S/C14H19N5O2/c1-2-15-8-9-16-13(20)7-10-19-14(21)11-5-3-4-6-12(11)17-18-19/h3-6,15H,2,7-10H2,1H3,(H,16,20). The topological polar surface area (TPSA) is 88.9 Å². The molecule has 0 unspecified atom stereocenters. The van der Waals surface area contributed by atoms with Crippen molar-refractivity contribution in [1.29, 1.82) is 0 Å². The Bertz CT molecular complexity index is 668. The van der Waals surface area contributed by atoms with Crippen LogP contribution in [0.4, 0.5) is 0 Å². The molecule has 1 aromatic heterocycles. The molecule has 0 radical (unpaired) electrons. The first-order valence-electron chi connectivity index (χ1n) is 7.02. The largest absolute Gasteiger partial charge is 0.355 e. The smallest absolute Gasteiger partial charge is 0.277 e. The summed E-state index contributed by atoms with van der Waals surface area (Å²) >= 11 is 0. The van der Waals surface area contributed by atoms with E-state index in [9.17, 15) is 9.59 Å². The van der Waals surface area contributed by atoms with Gasteiger partial charge in [0.25, 0.3) is 5.56 Å². The van der Waals surface area contributed by atoms with Crippen LogP contribution in [0.25, 0.3) is 10.9 Å². The molecule has 0 aliphatic heterocycles. The van der Waals surface area contributed by atoms with Crippen molar-refractivity contribution in [3.63, 3.8) is 0 Å². The Morgan fingerprint density at radius 1 is 1.29 bits per heavy atom. The van der Waals surface area contributed by atoms with Crippen LogP contribution in [0, 0.1) is 0 Å². The third-order valence-corrected chi connectivity index (χ3v) is 3.05. The number of benzene rings is 1. The van der Waals surface area contributed by atoms with Gasteiger partial charge < -0.3 is 10.6 Å². The van der Waals surface area contributed by atoms with E-state index in [1.54, 1.807) is 24.3 Å². The predicted molar refractivity (Wildman–Crippen MR) is 80.0 cm³/mol. The normalized spacial score (nSPS) is 10.7. The van der Waals surface area contributed by atoms with Gasteiger partial charge in [-0.1, -0.05) is 24.3 Å². The molecule has 2 aromatic rings. The number of hydrogen-bond acceptors (Lipinski definition) is 5. The lowest BCUT2D eigenvalue weighted by atomic mass is 10.2. The maximum atomic E-state index is 12.2. The summed E-state index contributed by atoms with van der Waals surface area (Å²) in [6.07, 6.45) is 0.207. The second kappa shape index (κ2) is 7.49. The monoisotopic (exact) mass is 289 g/mol. The van der Waals surface area contributed by atoms with E-state index in [0.717, 1.165) is 13.1 Å². The van der Waals surface area contributed by atoms with Crippen molar-refractivity contribution in [2.24, 2.45) is 0 Å². The summed E-state index contributed by atoms with van der Waals surface area (Å²) in [5, 5.41) is 14.2. The van der Waals surface area contributed by atoms with E-state index in [0.29, 0.717) is 17.4 Å². The number of amides is 1. The van der Waals surface area contributed by atoms with Crippen molar-refractivity contribution in [3.05, 3.63) is 34.6 Å². The van der Waals surface area contributed by atoms with Crippen LogP contribution in [-0.4, -0.2) is 40.5 Å². The summed E-state index contributed by atoms with van der Waals surface area (Å²) in [5.74, 6) is -0.102. The van der Waals surface area contributed by atoms with Crippen molar-refractivity contribution in [2.75, 3.05) is 19.6 Å². The van der Waals surface area contributed by atoms with Gasteiger partial charge >= 0.3 is 0 Å². The van der Waals surface area contributed by atoms with Gasteiger partial charge in [-0.15, -0.1) is 5.10 Å². The predicted octanol–water partition coefficient (Wildman–Crippen LogP) is -0.0927. The molecule has 2 rings (SSSR count). The Morgan fingerprint density at radius 3 is 2.90 bits per heavy atom. The van der Waals surface area contributed by atoms with E-state index >= 15 is 0 Å². The lowest BCUT2D eigenvalue weighted by Gasteiger charge is -2.06. The first kappa shape index (κ1) is 15.1. The minimum absolute atomic E-state index is 0.102. The van der Waals surface area contributed by atoms with Gasteiger partial charge in [-0.25, -0.2) is 4.68 Å². The summed E-state index contributed by atoms with van der Waals surface area (Å²) in [6, 6.07) is 7.03. The molecule has 0 aliphatic rings. The fourth-order valence-corrected chi connectivity index (χ4v) is 1.93. The van der Waals surface area contributed by atoms with Gasteiger partial charge in [0, 0.05) is 19.5 Å². The molecule has 0 aliphatic carbocycles. The summed E-state index contributed by atoms with van der Waals surface area (Å²) in [6.45, 7) is 4.41. The Labute approximate surface area is 122 Å². The van der Waals surface area contributed by atoms with Gasteiger partial charge in [-0.2, -0.15) is 0 Å². The lowest BCUT2D eigenvalue weighted by Crippen LogP contribution is -2.33. The van der Waals surface area contributed by atoms with Gasteiger partial charge in [0.2, 0.25) is 5.91 Å². The van der Waals surface area contributed by atoms with Crippen LogP contribution in [-0.2, 0) is 11.3 Å². The van der Waals surface area contributed by atoms with Crippen molar-refractivity contribution >= 4 is 16.8 Å². The quantitative estimate of drug-likeness (QED) is 0.695. The average molecular weight is 289 g/mol. The van der Waals surface area contributed by atoms with Gasteiger partial charge in [-0.3, -0.25) is 9.59 Å². The number of nitrogens with one attached hydrogen (secondary N) is 2. The first-order chi connectivity index (χ1) is 10.2. The highest BCUT2D eigenvalue weighted by Gasteiger charge is 2.07. The van der Waals surface area contributed by atoms with Crippen molar-refractivity contribution in [1.82, 2.24) is 25.6 Å². The molecule has 1 heterocycles. The zero-order chi connectivity index (χ0) is 15.1. The molecule has 0 saturated carbocycles. The molecule has 21 heavy (non-hydrogen) atoms. The van der Waals surface area contributed by atoms with Crippen LogP contribution in [0.5, 0.6) is 0 Å². The number of aryl methyl sites for hydroxylation is 1. The maximum absolute atomic E-state index is 12.2. The molecular weight excluding hydrogens is 270 g/mol. The van der Waals surface area contributed by atoms with Crippen LogP contribution < -0.4 is 16.2 Å². The number of nitrogens with zero attached hydrogens (tertiary/aromatic N) is 3. The highest BCUT2D eigenvalue weighted by Crippen LogP contribution is 2.03. The number of aromatic nitrogens is 3. The van der Waals surface area contributed by atoms with E-state index < -0.39 is 0 Å². The summed E-state index contributed by atoms with van der Waals surface area (Å²) in [5.41, 5.74) is 0.342. The van der Waals surface area contributed by atoms with Gasteiger partial charge in [0.1, 0.15) is 5.52 Å². The minimum atomic E-state index is -0.221. The molecule has 2 N–H and O–H groups in total. The molecule has 112 valence electrons. The van der Waals surface area contributed by atoms with E-state index in [1.807, 2.05) is 6.92 Å². The number of fused-ring (bicyclic) bond motifs is 1. The Hall–Kier alpha value is -2.28. The highest BCUT2D eigenvalue weighted by atomic mass is 16.2. The van der Waals surface area contributed by atoms with E-state index in [2.05, 4.69) is 20.9 Å². The Kier molecular flexibility index (Phi) is 5.39. The number of carbonyl (C=O) groups is 1. The average Bonchev–Trinajstić information content (AvgIpc) is 2.51. The van der Waals surface area contributed by atoms with Crippen LogP contribution in [0.3, 0.4) is 0 Å². The summed E-state index contributed by atoms with van der Waals surface area (Å²) in [4.78, 5) is 23.8. The number of hydrogen-bond donors (Lipinski definition) is 2. The second-order valence-electron chi connectivity index (χ2n) is 4.59. The molecular formula is C14H19N5O2. The molecule has 0 saturated heterocycles. The third-order valence-electron chi connectivity index (χ3n) is 3.05. The third kappa shape index (κ3) is 4.09.